The number of carbonyl (C=O) groups is 1. The van der Waals surface area contributed by atoms with E-state index in [9.17, 15) is 17.6 Å². The Labute approximate surface area is 184 Å². The minimum Gasteiger partial charge on any atom is -0.324 e. The number of nitrogens with one attached hydrogen (secondary N) is 1. The molecule has 0 spiro atoms. The molecule has 2 atom stereocenters. The monoisotopic (exact) mass is 447 g/mol. The van der Waals surface area contributed by atoms with Crippen LogP contribution in [0, 0.1) is 5.82 Å². The molecule has 0 radical (unpaired) electrons. The largest absolute Gasteiger partial charge is 0.324 e. The minimum absolute atomic E-state index is 0.0478. The first-order valence-electron chi connectivity index (χ1n) is 10.6. The first-order valence-corrected chi connectivity index (χ1v) is 12.1. The number of hydrogen-bond acceptors (Lipinski definition) is 4. The number of carbonyl (C=O) groups excluding carboxylic acids is 1. The van der Waals surface area contributed by atoms with E-state index in [0.717, 1.165) is 23.7 Å². The zero-order valence-corrected chi connectivity index (χ0v) is 19.0. The highest BCUT2D eigenvalue weighted by Crippen LogP contribution is 2.27. The minimum atomic E-state index is -3.75. The molecule has 2 aromatic carbocycles. The van der Waals surface area contributed by atoms with E-state index in [0.29, 0.717) is 19.0 Å². The summed E-state index contributed by atoms with van der Waals surface area (Å²) in [5, 5.41) is 3.04. The van der Waals surface area contributed by atoms with Crippen molar-refractivity contribution in [2.45, 2.75) is 44.0 Å². The summed E-state index contributed by atoms with van der Waals surface area (Å²) >= 11 is 0. The number of amides is 1. The van der Waals surface area contributed by atoms with E-state index in [1.165, 1.54) is 22.5 Å². The highest BCUT2D eigenvalue weighted by molar-refractivity contribution is 7.89. The summed E-state index contributed by atoms with van der Waals surface area (Å²) < 4.78 is 40.4. The Morgan fingerprint density at radius 2 is 1.74 bits per heavy atom. The molecule has 168 valence electrons. The van der Waals surface area contributed by atoms with Crippen LogP contribution in [0.3, 0.4) is 0 Å². The molecule has 0 aliphatic carbocycles. The third-order valence-corrected chi connectivity index (χ3v) is 7.89. The van der Waals surface area contributed by atoms with Gasteiger partial charge in [0.05, 0.1) is 10.9 Å². The topological polar surface area (TPSA) is 69.7 Å². The van der Waals surface area contributed by atoms with Crippen LogP contribution in [0.25, 0.3) is 0 Å². The Morgan fingerprint density at radius 3 is 2.39 bits per heavy atom. The predicted octanol–water partition coefficient (Wildman–Crippen LogP) is 3.67. The van der Waals surface area contributed by atoms with Crippen molar-refractivity contribution < 1.29 is 17.6 Å². The highest BCUT2D eigenvalue weighted by Gasteiger charge is 2.32. The summed E-state index contributed by atoms with van der Waals surface area (Å²) in [6.07, 6.45) is 0.976. The SMILES string of the molecule is CC[C@@H](C)c1ccccc1NC(=O)[C@@H](C)N1CCN(S(=O)(=O)c2cccc(F)c2)CC1. The van der Waals surface area contributed by atoms with Crippen molar-refractivity contribution in [2.24, 2.45) is 0 Å². The van der Waals surface area contributed by atoms with Crippen LogP contribution in [0.15, 0.2) is 53.4 Å². The van der Waals surface area contributed by atoms with Crippen molar-refractivity contribution in [3.8, 4) is 0 Å². The maximum atomic E-state index is 13.5. The molecular weight excluding hydrogens is 417 g/mol. The van der Waals surface area contributed by atoms with Crippen LogP contribution in [-0.4, -0.2) is 55.8 Å². The molecule has 1 aliphatic heterocycles. The zero-order chi connectivity index (χ0) is 22.6. The maximum absolute atomic E-state index is 13.5. The lowest BCUT2D eigenvalue weighted by Gasteiger charge is -2.36. The van der Waals surface area contributed by atoms with Gasteiger partial charge in [-0.2, -0.15) is 4.31 Å². The molecule has 1 heterocycles. The van der Waals surface area contributed by atoms with Crippen LogP contribution in [0.2, 0.25) is 0 Å². The van der Waals surface area contributed by atoms with Crippen LogP contribution >= 0.6 is 0 Å². The number of hydrogen-bond donors (Lipinski definition) is 1. The number of anilines is 1. The zero-order valence-electron chi connectivity index (χ0n) is 18.2. The van der Waals surface area contributed by atoms with Crippen LogP contribution < -0.4 is 5.32 Å². The van der Waals surface area contributed by atoms with E-state index >= 15 is 0 Å². The molecule has 1 aliphatic rings. The Bertz CT molecular complexity index is 1020. The van der Waals surface area contributed by atoms with Crippen LogP contribution in [0.4, 0.5) is 10.1 Å². The van der Waals surface area contributed by atoms with Crippen LogP contribution in [0.1, 0.15) is 38.7 Å². The number of piperazine rings is 1. The second kappa shape index (κ2) is 9.89. The lowest BCUT2D eigenvalue weighted by Crippen LogP contribution is -2.53. The van der Waals surface area contributed by atoms with Gasteiger partial charge in [-0.25, -0.2) is 12.8 Å². The Morgan fingerprint density at radius 1 is 1.06 bits per heavy atom. The number of nitrogens with zero attached hydrogens (tertiary/aromatic N) is 2. The molecule has 2 aromatic rings. The van der Waals surface area contributed by atoms with E-state index in [-0.39, 0.29) is 23.9 Å². The number of sulfonamides is 1. The molecule has 1 fully saturated rings. The fourth-order valence-electron chi connectivity index (χ4n) is 3.77. The quantitative estimate of drug-likeness (QED) is 0.703. The van der Waals surface area contributed by atoms with Crippen molar-refractivity contribution in [3.63, 3.8) is 0 Å². The van der Waals surface area contributed by atoms with Gasteiger partial charge in [-0.15, -0.1) is 0 Å². The fourth-order valence-corrected chi connectivity index (χ4v) is 5.23. The summed E-state index contributed by atoms with van der Waals surface area (Å²) in [5.74, 6) is -0.358. The summed E-state index contributed by atoms with van der Waals surface area (Å²) in [6, 6.07) is 12.5. The lowest BCUT2D eigenvalue weighted by molar-refractivity contribution is -0.121. The number of halogens is 1. The third-order valence-electron chi connectivity index (χ3n) is 6.00. The van der Waals surface area contributed by atoms with Gasteiger partial charge in [0.25, 0.3) is 0 Å². The predicted molar refractivity (Wildman–Crippen MR) is 120 cm³/mol. The van der Waals surface area contributed by atoms with Gasteiger partial charge in [0.1, 0.15) is 5.82 Å². The van der Waals surface area contributed by atoms with E-state index in [1.54, 1.807) is 0 Å². The molecule has 1 amide bonds. The van der Waals surface area contributed by atoms with Crippen molar-refractivity contribution in [1.82, 2.24) is 9.21 Å². The standard InChI is InChI=1S/C23H30FN3O3S/c1-4-17(2)21-10-5-6-11-22(21)25-23(28)18(3)26-12-14-27(15-13-26)31(29,30)20-9-7-8-19(24)16-20/h5-11,16-18H,4,12-15H2,1-3H3,(H,25,28)/t17-,18-/m1/s1. The van der Waals surface area contributed by atoms with E-state index in [1.807, 2.05) is 36.1 Å². The van der Waals surface area contributed by atoms with Gasteiger partial charge >= 0.3 is 0 Å². The van der Waals surface area contributed by atoms with Gasteiger partial charge < -0.3 is 5.32 Å². The first kappa shape index (κ1) is 23.4. The summed E-state index contributed by atoms with van der Waals surface area (Å²) in [4.78, 5) is 14.8. The van der Waals surface area contributed by atoms with Crippen molar-refractivity contribution >= 4 is 21.6 Å². The second-order valence-electron chi connectivity index (χ2n) is 7.96. The summed E-state index contributed by atoms with van der Waals surface area (Å²) in [7, 11) is -3.75. The second-order valence-corrected chi connectivity index (χ2v) is 9.90. The van der Waals surface area contributed by atoms with E-state index in [4.69, 9.17) is 0 Å². The van der Waals surface area contributed by atoms with Crippen LogP contribution in [0.5, 0.6) is 0 Å². The van der Waals surface area contributed by atoms with Crippen molar-refractivity contribution in [3.05, 3.63) is 59.9 Å². The fraction of sp³-hybridized carbons (Fsp3) is 0.435. The van der Waals surface area contributed by atoms with Gasteiger partial charge in [0.15, 0.2) is 0 Å². The van der Waals surface area contributed by atoms with Gasteiger partial charge in [0, 0.05) is 31.9 Å². The third kappa shape index (κ3) is 5.31. The molecule has 0 saturated carbocycles. The lowest BCUT2D eigenvalue weighted by atomic mass is 9.97. The van der Waals surface area contributed by atoms with Gasteiger partial charge in [-0.3, -0.25) is 9.69 Å². The molecule has 8 heteroatoms. The molecule has 6 nitrogen and oxygen atoms in total. The molecule has 0 unspecified atom stereocenters. The number of rotatable bonds is 7. The molecule has 1 N–H and O–H groups in total. The van der Waals surface area contributed by atoms with E-state index < -0.39 is 21.9 Å². The molecule has 3 rings (SSSR count). The summed E-state index contributed by atoms with van der Waals surface area (Å²) in [6.45, 7) is 7.43. The average Bonchev–Trinajstić information content (AvgIpc) is 2.78. The van der Waals surface area contributed by atoms with Gasteiger partial charge in [-0.1, -0.05) is 38.1 Å². The Kier molecular flexibility index (Phi) is 7.46. The Hall–Kier alpha value is -2.29. The molecule has 0 aromatic heterocycles. The normalized spacial score (nSPS) is 17.8. The van der Waals surface area contributed by atoms with Gasteiger partial charge in [0.2, 0.25) is 15.9 Å². The van der Waals surface area contributed by atoms with Gasteiger partial charge in [-0.05, 0) is 49.1 Å². The van der Waals surface area contributed by atoms with Crippen LogP contribution in [-0.2, 0) is 14.8 Å². The average molecular weight is 448 g/mol. The van der Waals surface area contributed by atoms with E-state index in [2.05, 4.69) is 19.2 Å². The summed E-state index contributed by atoms with van der Waals surface area (Å²) in [5.41, 5.74) is 1.93. The number of para-hydroxylation sites is 1. The maximum Gasteiger partial charge on any atom is 0.243 e. The van der Waals surface area contributed by atoms with Crippen molar-refractivity contribution in [1.29, 1.82) is 0 Å². The van der Waals surface area contributed by atoms with Crippen molar-refractivity contribution in [2.75, 3.05) is 31.5 Å². The number of benzene rings is 2. The molecule has 31 heavy (non-hydrogen) atoms. The smallest absolute Gasteiger partial charge is 0.243 e. The molecular formula is C23H30FN3O3S. The molecule has 1 saturated heterocycles. The Balaban J connectivity index is 1.63. The first-order chi connectivity index (χ1) is 14.7. The molecule has 0 bridgehead atoms. The highest BCUT2D eigenvalue weighted by atomic mass is 32.2.